The minimum absolute atomic E-state index is 0.0605. The van der Waals surface area contributed by atoms with E-state index in [0.29, 0.717) is 30.4 Å². The van der Waals surface area contributed by atoms with Crippen molar-refractivity contribution in [1.82, 2.24) is 24.6 Å². The highest BCUT2D eigenvalue weighted by atomic mass is 16.5. The monoisotopic (exact) mass is 339 g/mol. The molecule has 25 heavy (non-hydrogen) atoms. The van der Waals surface area contributed by atoms with E-state index in [1.807, 2.05) is 48.6 Å². The fourth-order valence-electron chi connectivity index (χ4n) is 3.44. The van der Waals surface area contributed by atoms with Gasteiger partial charge in [0, 0.05) is 31.6 Å². The van der Waals surface area contributed by atoms with E-state index in [1.165, 1.54) is 0 Å². The van der Waals surface area contributed by atoms with Gasteiger partial charge in [-0.25, -0.2) is 4.98 Å². The molecule has 3 aromatic rings. The second-order valence-corrected chi connectivity index (χ2v) is 6.67. The number of hydrogen-bond acceptors (Lipinski definition) is 5. The Morgan fingerprint density at radius 3 is 2.64 bits per heavy atom. The quantitative estimate of drug-likeness (QED) is 0.717. The van der Waals surface area contributed by atoms with Crippen LogP contribution in [0.3, 0.4) is 0 Å². The topological polar surface area (TPSA) is 77.0 Å². The van der Waals surface area contributed by atoms with Gasteiger partial charge in [-0.2, -0.15) is 4.98 Å². The molecule has 130 valence electrons. The van der Waals surface area contributed by atoms with Gasteiger partial charge < -0.3 is 14.0 Å². The van der Waals surface area contributed by atoms with Gasteiger partial charge in [0.1, 0.15) is 5.82 Å². The van der Waals surface area contributed by atoms with Crippen molar-refractivity contribution in [2.45, 2.75) is 32.6 Å². The second kappa shape index (κ2) is 5.98. The molecule has 1 aliphatic heterocycles. The lowest BCUT2D eigenvalue weighted by atomic mass is 9.96. The summed E-state index contributed by atoms with van der Waals surface area (Å²) in [7, 11) is 1.98. The molecular formula is C18H21N5O2. The molecule has 1 saturated heterocycles. The Morgan fingerprint density at radius 1 is 1.20 bits per heavy atom. The Labute approximate surface area is 145 Å². The van der Waals surface area contributed by atoms with E-state index in [0.717, 1.165) is 29.7 Å². The summed E-state index contributed by atoms with van der Waals surface area (Å²) in [6.45, 7) is 5.18. The van der Waals surface area contributed by atoms with Gasteiger partial charge in [-0.1, -0.05) is 5.16 Å². The van der Waals surface area contributed by atoms with Crippen LogP contribution in [0.25, 0.3) is 11.0 Å². The average Bonchev–Trinajstić information content (AvgIpc) is 3.18. The van der Waals surface area contributed by atoms with Crippen LogP contribution in [0.1, 0.15) is 46.7 Å². The van der Waals surface area contributed by atoms with Crippen molar-refractivity contribution in [3.05, 3.63) is 41.3 Å². The summed E-state index contributed by atoms with van der Waals surface area (Å²) in [5, 5.41) is 3.86. The molecule has 0 saturated carbocycles. The summed E-state index contributed by atoms with van der Waals surface area (Å²) in [5.74, 6) is 2.59. The van der Waals surface area contributed by atoms with Crippen LogP contribution in [0.5, 0.6) is 0 Å². The minimum atomic E-state index is 0.0605. The van der Waals surface area contributed by atoms with Gasteiger partial charge >= 0.3 is 0 Å². The predicted molar refractivity (Wildman–Crippen MR) is 92.4 cm³/mol. The van der Waals surface area contributed by atoms with Crippen LogP contribution in [0.4, 0.5) is 0 Å². The van der Waals surface area contributed by atoms with E-state index in [9.17, 15) is 4.79 Å². The standard InChI is InChI=1S/C18H21N5O2/c1-11-19-17(25-21-11)13-6-8-23(9-7-13)18(24)14-4-5-16-15(10-14)20-12(2)22(16)3/h4-5,10,13H,6-9H2,1-3H3. The molecule has 0 aliphatic carbocycles. The Kier molecular flexibility index (Phi) is 3.78. The van der Waals surface area contributed by atoms with Gasteiger partial charge in [-0.15, -0.1) is 0 Å². The minimum Gasteiger partial charge on any atom is -0.339 e. The number of carbonyl (C=O) groups excluding carboxylic acids is 1. The first kappa shape index (κ1) is 15.8. The van der Waals surface area contributed by atoms with Gasteiger partial charge in [0.25, 0.3) is 5.91 Å². The fourth-order valence-corrected chi connectivity index (χ4v) is 3.44. The maximum atomic E-state index is 12.8. The van der Waals surface area contributed by atoms with Crippen molar-refractivity contribution >= 4 is 16.9 Å². The molecule has 7 heteroatoms. The highest BCUT2D eigenvalue weighted by molar-refractivity contribution is 5.97. The van der Waals surface area contributed by atoms with Crippen molar-refractivity contribution in [2.75, 3.05) is 13.1 Å². The maximum absolute atomic E-state index is 12.8. The third-order valence-electron chi connectivity index (χ3n) is 5.03. The van der Waals surface area contributed by atoms with E-state index < -0.39 is 0 Å². The first-order chi connectivity index (χ1) is 12.0. The number of likely N-dealkylation sites (tertiary alicyclic amines) is 1. The van der Waals surface area contributed by atoms with Crippen LogP contribution in [0.2, 0.25) is 0 Å². The molecule has 0 atom stereocenters. The summed E-state index contributed by atoms with van der Waals surface area (Å²) in [6, 6.07) is 5.74. The number of nitrogens with zero attached hydrogens (tertiary/aromatic N) is 5. The first-order valence-electron chi connectivity index (χ1n) is 8.55. The molecule has 1 amide bonds. The molecule has 0 spiro atoms. The summed E-state index contributed by atoms with van der Waals surface area (Å²) in [4.78, 5) is 23.6. The van der Waals surface area contributed by atoms with Crippen LogP contribution in [0.15, 0.2) is 22.7 Å². The molecule has 0 radical (unpaired) electrons. The SMILES string of the molecule is Cc1noc(C2CCN(C(=O)c3ccc4c(c3)nc(C)n4C)CC2)n1. The maximum Gasteiger partial charge on any atom is 0.253 e. The molecule has 3 heterocycles. The van der Waals surface area contributed by atoms with Crippen molar-refractivity contribution in [2.24, 2.45) is 7.05 Å². The Hall–Kier alpha value is -2.70. The molecule has 2 aromatic heterocycles. The number of carbonyl (C=O) groups is 1. The second-order valence-electron chi connectivity index (χ2n) is 6.67. The number of piperidine rings is 1. The van der Waals surface area contributed by atoms with Crippen molar-refractivity contribution in [3.8, 4) is 0 Å². The largest absolute Gasteiger partial charge is 0.339 e. The van der Waals surface area contributed by atoms with Gasteiger partial charge in [0.05, 0.1) is 11.0 Å². The number of hydrogen-bond donors (Lipinski definition) is 0. The number of aryl methyl sites for hydroxylation is 3. The van der Waals surface area contributed by atoms with Crippen LogP contribution >= 0.6 is 0 Å². The lowest BCUT2D eigenvalue weighted by Gasteiger charge is -2.30. The highest BCUT2D eigenvalue weighted by Crippen LogP contribution is 2.28. The molecular weight excluding hydrogens is 318 g/mol. The summed E-state index contributed by atoms with van der Waals surface area (Å²) >= 11 is 0. The van der Waals surface area contributed by atoms with Crippen LogP contribution in [0, 0.1) is 13.8 Å². The zero-order valence-corrected chi connectivity index (χ0v) is 14.7. The van der Waals surface area contributed by atoms with E-state index in [2.05, 4.69) is 15.1 Å². The van der Waals surface area contributed by atoms with E-state index in [4.69, 9.17) is 4.52 Å². The summed E-state index contributed by atoms with van der Waals surface area (Å²) in [5.41, 5.74) is 2.60. The number of benzene rings is 1. The van der Waals surface area contributed by atoms with Crippen molar-refractivity contribution in [3.63, 3.8) is 0 Å². The molecule has 0 unspecified atom stereocenters. The van der Waals surface area contributed by atoms with E-state index >= 15 is 0 Å². The third kappa shape index (κ3) is 2.79. The van der Waals surface area contributed by atoms with Crippen LogP contribution < -0.4 is 0 Å². The molecule has 7 nitrogen and oxygen atoms in total. The van der Waals surface area contributed by atoms with Crippen molar-refractivity contribution < 1.29 is 9.32 Å². The zero-order chi connectivity index (χ0) is 17.6. The van der Waals surface area contributed by atoms with Gasteiger partial charge in [-0.05, 0) is 44.9 Å². The predicted octanol–water partition coefficient (Wildman–Crippen LogP) is 2.59. The van der Waals surface area contributed by atoms with E-state index in [-0.39, 0.29) is 11.8 Å². The molecule has 1 aliphatic rings. The smallest absolute Gasteiger partial charge is 0.253 e. The fraction of sp³-hybridized carbons (Fsp3) is 0.444. The lowest BCUT2D eigenvalue weighted by Crippen LogP contribution is -2.38. The summed E-state index contributed by atoms with van der Waals surface area (Å²) in [6.07, 6.45) is 1.69. The Morgan fingerprint density at radius 2 is 1.96 bits per heavy atom. The number of aromatic nitrogens is 4. The van der Waals surface area contributed by atoms with Crippen LogP contribution in [-0.4, -0.2) is 43.6 Å². The third-order valence-corrected chi connectivity index (χ3v) is 5.03. The Bertz CT molecular complexity index is 934. The highest BCUT2D eigenvalue weighted by Gasteiger charge is 2.27. The first-order valence-corrected chi connectivity index (χ1v) is 8.55. The number of imidazole rings is 1. The molecule has 4 rings (SSSR count). The lowest BCUT2D eigenvalue weighted by molar-refractivity contribution is 0.0704. The molecule has 0 N–H and O–H groups in total. The van der Waals surface area contributed by atoms with Crippen LogP contribution in [-0.2, 0) is 7.05 Å². The van der Waals surface area contributed by atoms with Gasteiger partial charge in [0.15, 0.2) is 5.82 Å². The normalized spacial score (nSPS) is 15.9. The molecule has 1 fully saturated rings. The van der Waals surface area contributed by atoms with Gasteiger partial charge in [-0.3, -0.25) is 4.79 Å². The zero-order valence-electron chi connectivity index (χ0n) is 14.7. The number of rotatable bonds is 2. The summed E-state index contributed by atoms with van der Waals surface area (Å²) < 4.78 is 7.30. The average molecular weight is 339 g/mol. The molecule has 1 aromatic carbocycles. The molecule has 0 bridgehead atoms. The number of fused-ring (bicyclic) bond motifs is 1. The Balaban J connectivity index is 1.48. The van der Waals surface area contributed by atoms with Gasteiger partial charge in [0.2, 0.25) is 5.89 Å². The number of amides is 1. The van der Waals surface area contributed by atoms with E-state index in [1.54, 1.807) is 0 Å². The van der Waals surface area contributed by atoms with Crippen molar-refractivity contribution in [1.29, 1.82) is 0 Å².